The summed E-state index contributed by atoms with van der Waals surface area (Å²) in [5.74, 6) is -1.42. The minimum atomic E-state index is -3.95. The molecule has 0 aliphatic heterocycles. The van der Waals surface area contributed by atoms with Crippen LogP contribution in [0.25, 0.3) is 10.8 Å². The zero-order chi connectivity index (χ0) is 19.1. The van der Waals surface area contributed by atoms with Crippen LogP contribution in [0.4, 0.5) is 5.69 Å². The molecule has 0 aliphatic carbocycles. The number of rotatable bonds is 4. The fraction of sp³-hybridized carbons (Fsp3) is 0.0556. The van der Waals surface area contributed by atoms with Crippen LogP contribution in [0.3, 0.4) is 0 Å². The van der Waals surface area contributed by atoms with Gasteiger partial charge in [0.15, 0.2) is 0 Å². The van der Waals surface area contributed by atoms with Gasteiger partial charge in [-0.2, -0.15) is 0 Å². The average molecular weight is 373 g/mol. The van der Waals surface area contributed by atoms with Crippen molar-refractivity contribution >= 4 is 32.5 Å². The van der Waals surface area contributed by atoms with Gasteiger partial charge < -0.3 is 15.3 Å². The van der Waals surface area contributed by atoms with E-state index >= 15 is 0 Å². The maximum absolute atomic E-state index is 12.6. The number of nitrogens with one attached hydrogen (secondary N) is 1. The van der Waals surface area contributed by atoms with Gasteiger partial charge in [0.25, 0.3) is 10.0 Å². The molecule has 0 saturated heterocycles. The summed E-state index contributed by atoms with van der Waals surface area (Å²) in [7, 11) is -3.95. The number of hydrogen-bond donors (Lipinski definition) is 4. The van der Waals surface area contributed by atoms with Gasteiger partial charge in [-0.05, 0) is 54.3 Å². The predicted octanol–water partition coefficient (Wildman–Crippen LogP) is 3.06. The Labute approximate surface area is 149 Å². The van der Waals surface area contributed by atoms with E-state index < -0.39 is 16.0 Å². The Hall–Kier alpha value is -3.26. The van der Waals surface area contributed by atoms with Crippen molar-refractivity contribution in [3.05, 3.63) is 59.7 Å². The van der Waals surface area contributed by atoms with Gasteiger partial charge >= 0.3 is 5.97 Å². The van der Waals surface area contributed by atoms with Crippen molar-refractivity contribution in [2.24, 2.45) is 0 Å². The van der Waals surface area contributed by atoms with Crippen molar-refractivity contribution in [1.82, 2.24) is 0 Å². The quantitative estimate of drug-likeness (QED) is 0.557. The lowest BCUT2D eigenvalue weighted by Gasteiger charge is -2.11. The highest BCUT2D eigenvalue weighted by atomic mass is 32.2. The van der Waals surface area contributed by atoms with E-state index in [4.69, 9.17) is 5.11 Å². The molecule has 0 aliphatic rings. The van der Waals surface area contributed by atoms with Crippen LogP contribution in [0.15, 0.2) is 53.4 Å². The van der Waals surface area contributed by atoms with Crippen molar-refractivity contribution in [3.63, 3.8) is 0 Å². The molecule has 0 bridgehead atoms. The molecule has 8 heteroatoms. The molecule has 0 saturated carbocycles. The van der Waals surface area contributed by atoms with Crippen molar-refractivity contribution < 1.29 is 28.5 Å². The number of benzene rings is 3. The smallest absolute Gasteiger partial charge is 0.335 e. The number of aromatic carboxylic acids is 1. The number of carboxylic acid groups (broad SMARTS) is 1. The summed E-state index contributed by atoms with van der Waals surface area (Å²) in [6, 6.07) is 10.6. The minimum absolute atomic E-state index is 0.0406. The Morgan fingerprint density at radius 2 is 1.58 bits per heavy atom. The largest absolute Gasteiger partial charge is 0.508 e. The van der Waals surface area contributed by atoms with Gasteiger partial charge in [-0.15, -0.1) is 0 Å². The lowest BCUT2D eigenvalue weighted by atomic mass is 10.0. The maximum Gasteiger partial charge on any atom is 0.335 e. The topological polar surface area (TPSA) is 124 Å². The first-order chi connectivity index (χ1) is 12.2. The van der Waals surface area contributed by atoms with Gasteiger partial charge in [-0.25, -0.2) is 13.2 Å². The third kappa shape index (κ3) is 3.14. The number of phenols is 2. The number of sulfonamides is 1. The molecule has 3 aromatic rings. The second-order valence-electron chi connectivity index (χ2n) is 5.74. The number of anilines is 1. The molecule has 0 spiro atoms. The molecule has 0 heterocycles. The number of hydrogen-bond acceptors (Lipinski definition) is 5. The van der Waals surface area contributed by atoms with Gasteiger partial charge in [0, 0.05) is 17.1 Å². The molecule has 26 heavy (non-hydrogen) atoms. The summed E-state index contributed by atoms with van der Waals surface area (Å²) in [4.78, 5) is 10.8. The number of aryl methyl sites for hydroxylation is 1. The van der Waals surface area contributed by atoms with E-state index in [1.54, 1.807) is 6.92 Å². The summed E-state index contributed by atoms with van der Waals surface area (Å²) in [5, 5.41) is 29.5. The molecule has 3 rings (SSSR count). The minimum Gasteiger partial charge on any atom is -0.508 e. The van der Waals surface area contributed by atoms with Gasteiger partial charge in [-0.3, -0.25) is 4.72 Å². The zero-order valence-electron chi connectivity index (χ0n) is 13.6. The van der Waals surface area contributed by atoms with E-state index in [9.17, 15) is 23.4 Å². The van der Waals surface area contributed by atoms with Gasteiger partial charge in [-0.1, -0.05) is 6.07 Å². The molecule has 4 N–H and O–H groups in total. The number of carbonyl (C=O) groups is 1. The van der Waals surface area contributed by atoms with Crippen molar-refractivity contribution in [1.29, 1.82) is 0 Å². The lowest BCUT2D eigenvalue weighted by Crippen LogP contribution is -2.13. The third-order valence-corrected chi connectivity index (χ3v) is 5.40. The molecule has 7 nitrogen and oxygen atoms in total. The highest BCUT2D eigenvalue weighted by molar-refractivity contribution is 7.92. The third-order valence-electron chi connectivity index (χ3n) is 4.02. The average Bonchev–Trinajstić information content (AvgIpc) is 2.59. The molecule has 0 fully saturated rings. The number of aromatic hydroxyl groups is 2. The van der Waals surface area contributed by atoms with E-state index in [0.29, 0.717) is 16.3 Å². The van der Waals surface area contributed by atoms with Gasteiger partial charge in [0.1, 0.15) is 11.5 Å². The molecular formula is C18H15NO6S. The first kappa shape index (κ1) is 17.6. The normalized spacial score (nSPS) is 11.4. The summed E-state index contributed by atoms with van der Waals surface area (Å²) in [6.07, 6.45) is 0. The molecule has 0 unspecified atom stereocenters. The van der Waals surface area contributed by atoms with Crippen LogP contribution in [-0.4, -0.2) is 29.7 Å². The summed E-state index contributed by atoms with van der Waals surface area (Å²) in [5.41, 5.74) is 0.777. The predicted molar refractivity (Wildman–Crippen MR) is 96.2 cm³/mol. The van der Waals surface area contributed by atoms with E-state index in [1.165, 1.54) is 42.5 Å². The Balaban J connectivity index is 2.00. The number of carboxylic acids is 1. The van der Waals surface area contributed by atoms with Crippen LogP contribution in [0, 0.1) is 6.92 Å². The zero-order valence-corrected chi connectivity index (χ0v) is 14.4. The highest BCUT2D eigenvalue weighted by Gasteiger charge is 2.17. The summed E-state index contributed by atoms with van der Waals surface area (Å²) < 4.78 is 27.5. The fourth-order valence-electron chi connectivity index (χ4n) is 2.58. The number of fused-ring (bicyclic) bond motifs is 1. The van der Waals surface area contributed by atoms with Gasteiger partial charge in [0.05, 0.1) is 10.5 Å². The Bertz CT molecular complexity index is 1120. The van der Waals surface area contributed by atoms with Crippen LogP contribution >= 0.6 is 0 Å². The highest BCUT2D eigenvalue weighted by Crippen LogP contribution is 2.35. The van der Waals surface area contributed by atoms with Crippen LogP contribution in [0.2, 0.25) is 0 Å². The molecule has 0 amide bonds. The first-order valence-corrected chi connectivity index (χ1v) is 8.99. The SMILES string of the molecule is Cc1c(O)cc(O)c2cc(S(=O)(=O)Nc3ccc(C(=O)O)cc3)ccc12. The van der Waals surface area contributed by atoms with E-state index in [2.05, 4.69) is 4.72 Å². The lowest BCUT2D eigenvalue weighted by molar-refractivity contribution is 0.0697. The Morgan fingerprint density at radius 1 is 0.923 bits per heavy atom. The van der Waals surface area contributed by atoms with Crippen LogP contribution < -0.4 is 4.72 Å². The maximum atomic E-state index is 12.6. The number of phenolic OH excluding ortho intramolecular Hbond substituents is 2. The van der Waals surface area contributed by atoms with Gasteiger partial charge in [0.2, 0.25) is 0 Å². The summed E-state index contributed by atoms with van der Waals surface area (Å²) in [6.45, 7) is 1.66. The monoisotopic (exact) mass is 373 g/mol. The molecule has 134 valence electrons. The van der Waals surface area contributed by atoms with E-state index in [0.717, 1.165) is 6.07 Å². The Morgan fingerprint density at radius 3 is 2.19 bits per heavy atom. The molecule has 0 atom stereocenters. The second kappa shape index (κ2) is 6.23. The van der Waals surface area contributed by atoms with E-state index in [-0.39, 0.29) is 27.6 Å². The van der Waals surface area contributed by atoms with Crippen LogP contribution in [-0.2, 0) is 10.0 Å². The molecule has 0 radical (unpaired) electrons. The van der Waals surface area contributed by atoms with Crippen LogP contribution in [0.1, 0.15) is 15.9 Å². The first-order valence-electron chi connectivity index (χ1n) is 7.50. The van der Waals surface area contributed by atoms with Crippen LogP contribution in [0.5, 0.6) is 11.5 Å². The van der Waals surface area contributed by atoms with Crippen molar-refractivity contribution in [3.8, 4) is 11.5 Å². The van der Waals surface area contributed by atoms with Crippen molar-refractivity contribution in [2.45, 2.75) is 11.8 Å². The standard InChI is InChI=1S/C18H15NO6S/c1-10-14-7-6-13(8-15(14)17(21)9-16(10)20)26(24,25)19-12-4-2-11(3-5-12)18(22)23/h2-9,19-21H,1H3,(H,22,23). The second-order valence-corrected chi connectivity index (χ2v) is 7.42. The molecular weight excluding hydrogens is 358 g/mol. The fourth-order valence-corrected chi connectivity index (χ4v) is 3.66. The van der Waals surface area contributed by atoms with Crippen molar-refractivity contribution in [2.75, 3.05) is 4.72 Å². The van der Waals surface area contributed by atoms with E-state index in [1.807, 2.05) is 0 Å². The molecule has 0 aromatic heterocycles. The molecule has 3 aromatic carbocycles. The Kier molecular flexibility index (Phi) is 4.21. The summed E-state index contributed by atoms with van der Waals surface area (Å²) >= 11 is 0.